The van der Waals surface area contributed by atoms with Crippen LogP contribution in [0.15, 0.2) is 40.8 Å². The summed E-state index contributed by atoms with van der Waals surface area (Å²) >= 11 is 1.30. The third-order valence-corrected chi connectivity index (χ3v) is 5.98. The Morgan fingerprint density at radius 1 is 1.25 bits per heavy atom. The minimum atomic E-state index is -0.341. The Morgan fingerprint density at radius 3 is 2.68 bits per heavy atom. The molecule has 1 amide bonds. The smallest absolute Gasteiger partial charge is 0.263 e. The van der Waals surface area contributed by atoms with Crippen LogP contribution in [-0.2, 0) is 4.74 Å². The quantitative estimate of drug-likeness (QED) is 0.668. The van der Waals surface area contributed by atoms with E-state index in [2.05, 4.69) is 10.3 Å². The van der Waals surface area contributed by atoms with Crippen molar-refractivity contribution in [2.24, 2.45) is 0 Å². The Kier molecular flexibility index (Phi) is 5.28. The van der Waals surface area contributed by atoms with Crippen molar-refractivity contribution in [2.75, 3.05) is 6.61 Å². The van der Waals surface area contributed by atoms with Crippen molar-refractivity contribution in [3.05, 3.63) is 64.1 Å². The van der Waals surface area contributed by atoms with Gasteiger partial charge in [0.15, 0.2) is 10.8 Å². The molecule has 0 radical (unpaired) electrons. The van der Waals surface area contributed by atoms with Crippen LogP contribution in [-0.4, -0.2) is 23.6 Å². The second kappa shape index (κ2) is 7.85. The minimum Gasteiger partial charge on any atom is -0.459 e. The predicted molar refractivity (Wildman–Crippen MR) is 105 cm³/mol. The van der Waals surface area contributed by atoms with Gasteiger partial charge in [-0.05, 0) is 56.5 Å². The highest BCUT2D eigenvalue weighted by molar-refractivity contribution is 7.17. The Morgan fingerprint density at radius 2 is 2.04 bits per heavy atom. The zero-order valence-electron chi connectivity index (χ0n) is 15.7. The summed E-state index contributed by atoms with van der Waals surface area (Å²) in [6.45, 7) is 4.34. The van der Waals surface area contributed by atoms with Crippen molar-refractivity contribution in [1.29, 1.82) is 0 Å². The molecule has 7 heteroatoms. The topological polar surface area (TPSA) is 64.4 Å². The number of carbonyl (C=O) groups is 1. The Labute approximate surface area is 166 Å². The molecule has 3 aromatic rings. The van der Waals surface area contributed by atoms with E-state index >= 15 is 0 Å². The lowest BCUT2D eigenvalue weighted by atomic mass is 9.99. The van der Waals surface area contributed by atoms with Gasteiger partial charge in [0.1, 0.15) is 16.5 Å². The van der Waals surface area contributed by atoms with E-state index < -0.39 is 0 Å². The molecule has 0 spiro atoms. The number of aromatic nitrogens is 1. The monoisotopic (exact) mass is 400 g/mol. The highest BCUT2D eigenvalue weighted by Gasteiger charge is 2.30. The number of hydrogen-bond donors (Lipinski definition) is 1. The lowest BCUT2D eigenvalue weighted by Gasteiger charge is -2.24. The maximum atomic E-state index is 13.3. The van der Waals surface area contributed by atoms with E-state index in [0.29, 0.717) is 27.9 Å². The van der Waals surface area contributed by atoms with Gasteiger partial charge in [0.2, 0.25) is 0 Å². The first-order valence-corrected chi connectivity index (χ1v) is 10.0. The van der Waals surface area contributed by atoms with Crippen LogP contribution in [0, 0.1) is 19.7 Å². The van der Waals surface area contributed by atoms with Gasteiger partial charge in [0.05, 0.1) is 17.8 Å². The molecule has 1 fully saturated rings. The summed E-state index contributed by atoms with van der Waals surface area (Å²) in [5.41, 5.74) is 1.47. The molecule has 3 heterocycles. The van der Waals surface area contributed by atoms with E-state index in [1.165, 1.54) is 23.5 Å². The number of nitrogens with zero attached hydrogens (tertiary/aromatic N) is 1. The molecule has 1 aliphatic rings. The van der Waals surface area contributed by atoms with E-state index in [9.17, 15) is 9.18 Å². The highest BCUT2D eigenvalue weighted by atomic mass is 32.1. The number of benzene rings is 1. The number of halogens is 1. The summed E-state index contributed by atoms with van der Waals surface area (Å²) in [5, 5.41) is 3.75. The molecule has 28 heavy (non-hydrogen) atoms. The molecule has 1 aliphatic heterocycles. The largest absolute Gasteiger partial charge is 0.459 e. The summed E-state index contributed by atoms with van der Waals surface area (Å²) in [6.07, 6.45) is 1.66. The SMILES string of the molecule is Cc1ccc(-c2nc(C)c(C(=O)NC(c3ccc(F)cc3)C3CCCO3)s2)o1. The highest BCUT2D eigenvalue weighted by Crippen LogP contribution is 2.31. The van der Waals surface area contributed by atoms with Crippen molar-refractivity contribution in [1.82, 2.24) is 10.3 Å². The number of carbonyl (C=O) groups excluding carboxylic acids is 1. The maximum Gasteiger partial charge on any atom is 0.263 e. The van der Waals surface area contributed by atoms with E-state index in [-0.39, 0.29) is 23.9 Å². The van der Waals surface area contributed by atoms with Crippen molar-refractivity contribution < 1.29 is 18.3 Å². The maximum absolute atomic E-state index is 13.3. The van der Waals surface area contributed by atoms with Crippen molar-refractivity contribution >= 4 is 17.2 Å². The number of amides is 1. The first kappa shape index (κ1) is 18.8. The van der Waals surface area contributed by atoms with Gasteiger partial charge in [0.25, 0.3) is 5.91 Å². The number of rotatable bonds is 5. The Balaban J connectivity index is 1.59. The Hall–Kier alpha value is -2.51. The number of thiazole rings is 1. The van der Waals surface area contributed by atoms with Crippen LogP contribution >= 0.6 is 11.3 Å². The van der Waals surface area contributed by atoms with Crippen molar-refractivity contribution in [3.63, 3.8) is 0 Å². The summed E-state index contributed by atoms with van der Waals surface area (Å²) in [5.74, 6) is 0.926. The number of nitrogens with one attached hydrogen (secondary N) is 1. The predicted octanol–water partition coefficient (Wildman–Crippen LogP) is 4.81. The second-order valence-electron chi connectivity index (χ2n) is 6.90. The van der Waals surface area contributed by atoms with E-state index in [1.807, 2.05) is 26.0 Å². The van der Waals surface area contributed by atoms with Gasteiger partial charge in [-0.2, -0.15) is 0 Å². The average Bonchev–Trinajstić information content (AvgIpc) is 3.41. The van der Waals surface area contributed by atoms with Gasteiger partial charge in [0, 0.05) is 6.61 Å². The Bertz CT molecular complexity index is 974. The molecule has 4 rings (SSSR count). The van der Waals surface area contributed by atoms with Crippen LogP contribution in [0.25, 0.3) is 10.8 Å². The lowest BCUT2D eigenvalue weighted by Crippen LogP contribution is -2.36. The summed E-state index contributed by atoms with van der Waals surface area (Å²) < 4.78 is 24.8. The molecule has 1 N–H and O–H groups in total. The van der Waals surface area contributed by atoms with Crippen LogP contribution in [0.5, 0.6) is 0 Å². The van der Waals surface area contributed by atoms with Crippen LogP contribution in [0.4, 0.5) is 4.39 Å². The average molecular weight is 400 g/mol. The third kappa shape index (κ3) is 3.86. The number of aryl methyl sites for hydroxylation is 2. The van der Waals surface area contributed by atoms with Crippen LogP contribution in [0.2, 0.25) is 0 Å². The second-order valence-corrected chi connectivity index (χ2v) is 7.90. The van der Waals surface area contributed by atoms with Gasteiger partial charge < -0.3 is 14.5 Å². The molecular weight excluding hydrogens is 379 g/mol. The fourth-order valence-electron chi connectivity index (χ4n) is 3.40. The molecule has 2 unspecified atom stereocenters. The van der Waals surface area contributed by atoms with Gasteiger partial charge >= 0.3 is 0 Å². The van der Waals surface area contributed by atoms with Gasteiger partial charge in [-0.15, -0.1) is 11.3 Å². The van der Waals surface area contributed by atoms with Crippen LogP contribution < -0.4 is 5.32 Å². The molecule has 0 aliphatic carbocycles. The zero-order valence-corrected chi connectivity index (χ0v) is 16.5. The summed E-state index contributed by atoms with van der Waals surface area (Å²) in [6, 6.07) is 9.57. The van der Waals surface area contributed by atoms with Crippen LogP contribution in [0.1, 0.15) is 45.6 Å². The number of furan rings is 1. The van der Waals surface area contributed by atoms with Crippen molar-refractivity contribution in [3.8, 4) is 10.8 Å². The first-order chi connectivity index (χ1) is 13.5. The standard InChI is InChI=1S/C21H21FN2O3S/c1-12-5-10-17(27-12)21-23-13(2)19(28-21)20(25)24-18(16-4-3-11-26-16)14-6-8-15(22)9-7-14/h5-10,16,18H,3-4,11H2,1-2H3,(H,24,25). The molecule has 5 nitrogen and oxygen atoms in total. The third-order valence-electron chi connectivity index (χ3n) is 4.81. The minimum absolute atomic E-state index is 0.130. The molecule has 146 valence electrons. The van der Waals surface area contributed by atoms with Gasteiger partial charge in [-0.3, -0.25) is 4.79 Å². The fourth-order valence-corrected chi connectivity index (χ4v) is 4.33. The first-order valence-electron chi connectivity index (χ1n) is 9.23. The fraction of sp³-hybridized carbons (Fsp3) is 0.333. The number of hydrogen-bond acceptors (Lipinski definition) is 5. The lowest BCUT2D eigenvalue weighted by molar-refractivity contribution is 0.0674. The molecule has 2 atom stereocenters. The molecule has 1 saturated heterocycles. The summed E-state index contributed by atoms with van der Waals surface area (Å²) in [4.78, 5) is 18.0. The van der Waals surface area contributed by atoms with E-state index in [0.717, 1.165) is 24.2 Å². The van der Waals surface area contributed by atoms with Crippen LogP contribution in [0.3, 0.4) is 0 Å². The molecular formula is C21H21FN2O3S. The number of ether oxygens (including phenoxy) is 1. The molecule has 1 aromatic carbocycles. The van der Waals surface area contributed by atoms with Gasteiger partial charge in [-0.1, -0.05) is 12.1 Å². The normalized spacial score (nSPS) is 17.6. The van der Waals surface area contributed by atoms with Gasteiger partial charge in [-0.25, -0.2) is 9.37 Å². The molecule has 2 aromatic heterocycles. The molecule has 0 saturated carbocycles. The van der Waals surface area contributed by atoms with E-state index in [4.69, 9.17) is 9.15 Å². The van der Waals surface area contributed by atoms with Crippen molar-refractivity contribution in [2.45, 2.75) is 38.8 Å². The zero-order chi connectivity index (χ0) is 19.7. The summed E-state index contributed by atoms with van der Waals surface area (Å²) in [7, 11) is 0. The molecule has 0 bridgehead atoms. The van der Waals surface area contributed by atoms with E-state index in [1.54, 1.807) is 12.1 Å².